The maximum Gasteiger partial charge on any atom is 0.293 e. The van der Waals surface area contributed by atoms with Crippen molar-refractivity contribution in [1.29, 1.82) is 0 Å². The molecular formula is C28H30F2N4O3. The van der Waals surface area contributed by atoms with Gasteiger partial charge in [-0.05, 0) is 41.8 Å². The summed E-state index contributed by atoms with van der Waals surface area (Å²) in [6.07, 6.45) is -0.899. The molecule has 0 bridgehead atoms. The van der Waals surface area contributed by atoms with Gasteiger partial charge in [0.2, 0.25) is 5.75 Å². The van der Waals surface area contributed by atoms with Gasteiger partial charge in [0, 0.05) is 43.2 Å². The third-order valence-corrected chi connectivity index (χ3v) is 6.18. The molecule has 7 nitrogen and oxygen atoms in total. The number of benzene rings is 2. The van der Waals surface area contributed by atoms with Gasteiger partial charge >= 0.3 is 0 Å². The lowest BCUT2D eigenvalue weighted by molar-refractivity contribution is 0.0342. The van der Waals surface area contributed by atoms with Gasteiger partial charge in [-0.1, -0.05) is 36.1 Å². The highest BCUT2D eigenvalue weighted by Gasteiger charge is 2.20. The molecule has 1 unspecified atom stereocenters. The quantitative estimate of drug-likeness (QED) is 0.385. The predicted octanol–water partition coefficient (Wildman–Crippen LogP) is 2.89. The van der Waals surface area contributed by atoms with Crippen LogP contribution in [0.15, 0.2) is 59.7 Å². The van der Waals surface area contributed by atoms with E-state index in [1.807, 2.05) is 36.4 Å². The Labute approximate surface area is 214 Å². The van der Waals surface area contributed by atoms with Crippen LogP contribution in [0.25, 0.3) is 0 Å². The van der Waals surface area contributed by atoms with Gasteiger partial charge in [-0.15, -0.1) is 0 Å². The highest BCUT2D eigenvalue weighted by Crippen LogP contribution is 2.24. The molecule has 3 N–H and O–H groups in total. The molecule has 0 saturated carbocycles. The zero-order valence-corrected chi connectivity index (χ0v) is 20.4. The number of hydrogen-bond acceptors (Lipinski definition) is 6. The van der Waals surface area contributed by atoms with Crippen LogP contribution in [0.5, 0.6) is 5.75 Å². The van der Waals surface area contributed by atoms with Crippen LogP contribution < -0.4 is 10.9 Å². The monoisotopic (exact) mass is 508 g/mol. The predicted molar refractivity (Wildman–Crippen MR) is 137 cm³/mol. The smallest absolute Gasteiger partial charge is 0.293 e. The number of aromatic nitrogens is 2. The van der Waals surface area contributed by atoms with E-state index in [0.717, 1.165) is 49.5 Å². The highest BCUT2D eigenvalue weighted by atomic mass is 19.3. The van der Waals surface area contributed by atoms with E-state index in [2.05, 4.69) is 44.2 Å². The summed E-state index contributed by atoms with van der Waals surface area (Å²) in [4.78, 5) is 20.6. The van der Waals surface area contributed by atoms with Gasteiger partial charge in [0.1, 0.15) is 0 Å². The Morgan fingerprint density at radius 2 is 1.62 bits per heavy atom. The van der Waals surface area contributed by atoms with Crippen molar-refractivity contribution in [3.05, 3.63) is 93.2 Å². The van der Waals surface area contributed by atoms with Crippen molar-refractivity contribution in [2.75, 3.05) is 39.4 Å². The number of H-pyrrole nitrogens is 1. The minimum atomic E-state index is -2.50. The van der Waals surface area contributed by atoms with Crippen molar-refractivity contribution in [1.82, 2.24) is 20.2 Å². The number of nitrogens with zero attached hydrogens (tertiary/aromatic N) is 2. The van der Waals surface area contributed by atoms with Crippen molar-refractivity contribution >= 4 is 0 Å². The van der Waals surface area contributed by atoms with Gasteiger partial charge in [-0.25, -0.2) is 13.8 Å². The van der Waals surface area contributed by atoms with Crippen molar-refractivity contribution in [3.63, 3.8) is 0 Å². The zero-order valence-electron chi connectivity index (χ0n) is 20.4. The fourth-order valence-corrected chi connectivity index (χ4v) is 4.20. The van der Waals surface area contributed by atoms with Crippen LogP contribution in [0.2, 0.25) is 0 Å². The molecule has 0 spiro atoms. The fourth-order valence-electron chi connectivity index (χ4n) is 4.20. The molecule has 1 saturated heterocycles. The van der Waals surface area contributed by atoms with E-state index in [-0.39, 0.29) is 12.2 Å². The summed E-state index contributed by atoms with van der Waals surface area (Å²) in [7, 11) is 0. The molecule has 0 amide bonds. The molecule has 9 heteroatoms. The third kappa shape index (κ3) is 7.95. The van der Waals surface area contributed by atoms with Crippen LogP contribution in [0, 0.1) is 11.8 Å². The number of nitrogens with one attached hydrogen (secondary N) is 2. The zero-order chi connectivity index (χ0) is 26.0. The molecule has 37 heavy (non-hydrogen) atoms. The fraction of sp³-hybridized carbons (Fsp3) is 0.357. The first-order chi connectivity index (χ1) is 18.0. The van der Waals surface area contributed by atoms with Gasteiger partial charge in [0.05, 0.1) is 31.8 Å². The van der Waals surface area contributed by atoms with Crippen LogP contribution in [0.1, 0.15) is 33.9 Å². The standard InChI is InChI=1S/C28H30F2N4O3/c29-25(30)17-31-16-24(26-27(35)28(36)33-19-32-26)15-22-7-3-20(4-8-22)1-2-21-5-9-23(10-6-21)18-34-11-13-37-14-12-34/h3-10,19,24-25,31,35H,11-18H2,(H,32,33,36). The first-order valence-corrected chi connectivity index (χ1v) is 12.2. The van der Waals surface area contributed by atoms with E-state index in [1.54, 1.807) is 0 Å². The first kappa shape index (κ1) is 26.5. The normalized spacial score (nSPS) is 14.8. The molecule has 1 aromatic heterocycles. The Hall–Kier alpha value is -3.58. The van der Waals surface area contributed by atoms with Crippen molar-refractivity contribution in [2.24, 2.45) is 0 Å². The average molecular weight is 509 g/mol. The Balaban J connectivity index is 1.39. The van der Waals surface area contributed by atoms with Crippen LogP contribution in [-0.2, 0) is 17.7 Å². The second-order valence-corrected chi connectivity index (χ2v) is 8.95. The third-order valence-electron chi connectivity index (χ3n) is 6.18. The van der Waals surface area contributed by atoms with Gasteiger partial charge in [0.15, 0.2) is 0 Å². The molecular weight excluding hydrogens is 478 g/mol. The van der Waals surface area contributed by atoms with Crippen molar-refractivity contribution in [3.8, 4) is 17.6 Å². The second-order valence-electron chi connectivity index (χ2n) is 8.95. The summed E-state index contributed by atoms with van der Waals surface area (Å²) >= 11 is 0. The number of halogens is 2. The average Bonchev–Trinajstić information content (AvgIpc) is 2.90. The molecule has 3 aromatic rings. The molecule has 1 atom stereocenters. The molecule has 2 aromatic carbocycles. The van der Waals surface area contributed by atoms with Crippen LogP contribution in [0.3, 0.4) is 0 Å². The van der Waals surface area contributed by atoms with E-state index in [4.69, 9.17) is 4.74 Å². The van der Waals surface area contributed by atoms with Gasteiger partial charge < -0.3 is 20.1 Å². The van der Waals surface area contributed by atoms with Gasteiger partial charge in [-0.3, -0.25) is 9.69 Å². The molecule has 2 heterocycles. The number of hydrogen-bond donors (Lipinski definition) is 3. The van der Waals surface area contributed by atoms with E-state index in [1.165, 1.54) is 11.9 Å². The molecule has 194 valence electrons. The van der Waals surface area contributed by atoms with Crippen LogP contribution >= 0.6 is 0 Å². The van der Waals surface area contributed by atoms with Crippen molar-refractivity contribution in [2.45, 2.75) is 25.3 Å². The lowest BCUT2D eigenvalue weighted by Crippen LogP contribution is -2.35. The Kier molecular flexibility index (Phi) is 9.38. The van der Waals surface area contributed by atoms with E-state index >= 15 is 0 Å². The highest BCUT2D eigenvalue weighted by molar-refractivity contribution is 5.44. The molecule has 0 aliphatic carbocycles. The van der Waals surface area contributed by atoms with E-state index in [9.17, 15) is 18.7 Å². The molecule has 0 radical (unpaired) electrons. The number of aromatic amines is 1. The summed E-state index contributed by atoms with van der Waals surface area (Å²) in [5.41, 5.74) is 3.43. The summed E-state index contributed by atoms with van der Waals surface area (Å²) in [6.45, 7) is 4.02. The largest absolute Gasteiger partial charge is 0.502 e. The Bertz CT molecular complexity index is 1260. The summed E-state index contributed by atoms with van der Waals surface area (Å²) in [5, 5.41) is 12.9. The van der Waals surface area contributed by atoms with Gasteiger partial charge in [0.25, 0.3) is 12.0 Å². The number of aromatic hydroxyl groups is 1. The topological polar surface area (TPSA) is 90.5 Å². The molecule has 1 aliphatic rings. The Morgan fingerprint density at radius 3 is 2.24 bits per heavy atom. The summed E-state index contributed by atoms with van der Waals surface area (Å²) in [5.74, 6) is 5.39. The summed E-state index contributed by atoms with van der Waals surface area (Å²) in [6, 6.07) is 15.8. The summed E-state index contributed by atoms with van der Waals surface area (Å²) < 4.78 is 30.6. The molecule has 1 aliphatic heterocycles. The maximum atomic E-state index is 12.6. The maximum absolute atomic E-state index is 12.6. The lowest BCUT2D eigenvalue weighted by atomic mass is 9.94. The molecule has 4 rings (SSSR count). The number of ether oxygens (including phenoxy) is 1. The van der Waals surface area contributed by atoms with Gasteiger partial charge in [-0.2, -0.15) is 0 Å². The number of rotatable bonds is 9. The van der Waals surface area contributed by atoms with E-state index < -0.39 is 30.2 Å². The minimum Gasteiger partial charge on any atom is -0.502 e. The number of morpholine rings is 1. The van der Waals surface area contributed by atoms with Crippen molar-refractivity contribution < 1.29 is 18.6 Å². The van der Waals surface area contributed by atoms with Crippen LogP contribution in [-0.4, -0.2) is 65.8 Å². The Morgan fingerprint density at radius 1 is 1.00 bits per heavy atom. The second kappa shape index (κ2) is 13.1. The SMILES string of the molecule is O=c1[nH]cnc(C(CNCC(F)F)Cc2ccc(C#Cc3ccc(CN4CCOCC4)cc3)cc2)c1O. The van der Waals surface area contributed by atoms with Crippen LogP contribution in [0.4, 0.5) is 8.78 Å². The molecule has 1 fully saturated rings. The minimum absolute atomic E-state index is 0.136. The van der Waals surface area contributed by atoms with E-state index in [0.29, 0.717) is 6.42 Å². The lowest BCUT2D eigenvalue weighted by Gasteiger charge is -2.26. The first-order valence-electron chi connectivity index (χ1n) is 12.2. The number of alkyl halides is 2.